The van der Waals surface area contributed by atoms with E-state index < -0.39 is 11.7 Å². The molecular weight excluding hydrogens is 334 g/mol. The number of aromatic nitrogens is 4. The van der Waals surface area contributed by atoms with Crippen molar-refractivity contribution in [2.75, 3.05) is 5.32 Å². The number of nitrogens with one attached hydrogen (secondary N) is 1. The number of rotatable bonds is 4. The van der Waals surface area contributed by atoms with Crippen molar-refractivity contribution in [2.45, 2.75) is 13.5 Å². The molecule has 0 radical (unpaired) electrons. The monoisotopic (exact) mass is 347 g/mol. The molecule has 0 saturated carbocycles. The minimum absolute atomic E-state index is 0.196. The van der Waals surface area contributed by atoms with E-state index in [2.05, 4.69) is 20.1 Å². The maximum atomic E-state index is 12.2. The van der Waals surface area contributed by atoms with Gasteiger partial charge in [-0.1, -0.05) is 28.9 Å². The summed E-state index contributed by atoms with van der Waals surface area (Å²) in [6.07, 6.45) is 0. The van der Waals surface area contributed by atoms with Gasteiger partial charge in [-0.05, 0) is 19.1 Å². The van der Waals surface area contributed by atoms with E-state index in [1.807, 2.05) is 6.92 Å². The molecule has 0 unspecified atom stereocenters. The lowest BCUT2D eigenvalue weighted by molar-refractivity contribution is -0.116. The number of benzene rings is 1. The summed E-state index contributed by atoms with van der Waals surface area (Å²) in [7, 11) is 1.71. The number of hydrogen-bond donors (Lipinski definition) is 1. The first-order valence-electron chi connectivity index (χ1n) is 7.07. The summed E-state index contributed by atoms with van der Waals surface area (Å²) in [4.78, 5) is 24.1. The second-order valence-corrected chi connectivity index (χ2v) is 5.59. The minimum atomic E-state index is -0.735. The molecule has 0 fully saturated rings. The van der Waals surface area contributed by atoms with Crippen LogP contribution in [0.5, 0.6) is 0 Å². The summed E-state index contributed by atoms with van der Waals surface area (Å²) in [6.45, 7) is 1.56. The highest BCUT2D eigenvalue weighted by Gasteiger charge is 2.18. The van der Waals surface area contributed by atoms with Gasteiger partial charge in [-0.15, -0.1) is 0 Å². The van der Waals surface area contributed by atoms with Crippen LogP contribution < -0.4 is 11.1 Å². The molecule has 0 aliphatic carbocycles. The van der Waals surface area contributed by atoms with Crippen LogP contribution in [0.3, 0.4) is 0 Å². The third kappa shape index (κ3) is 3.09. The van der Waals surface area contributed by atoms with Gasteiger partial charge in [0.2, 0.25) is 5.91 Å². The fourth-order valence-corrected chi connectivity index (χ4v) is 2.52. The average Bonchev–Trinajstić information content (AvgIpc) is 3.03. The molecule has 24 heavy (non-hydrogen) atoms. The van der Waals surface area contributed by atoms with Crippen LogP contribution >= 0.6 is 11.6 Å². The fraction of sp³-hybridized carbons (Fsp3) is 0.200. The molecule has 2 heterocycles. The molecule has 0 saturated heterocycles. The predicted octanol–water partition coefficient (Wildman–Crippen LogP) is 1.84. The Morgan fingerprint density at radius 1 is 1.38 bits per heavy atom. The lowest BCUT2D eigenvalue weighted by Gasteiger charge is -2.07. The Labute approximate surface area is 141 Å². The molecule has 1 N–H and O–H groups in total. The number of carbonyl (C=O) groups excluding carboxylic acids is 1. The lowest BCUT2D eigenvalue weighted by atomic mass is 10.2. The summed E-state index contributed by atoms with van der Waals surface area (Å²) in [5.74, 6) is -0.416. The van der Waals surface area contributed by atoms with Crippen LogP contribution in [0.1, 0.15) is 5.69 Å². The molecule has 0 aliphatic heterocycles. The Hall–Kier alpha value is -2.87. The molecule has 0 atom stereocenters. The first-order valence-corrected chi connectivity index (χ1v) is 7.45. The molecular formula is C15H14ClN5O3. The molecule has 2 aromatic heterocycles. The highest BCUT2D eigenvalue weighted by atomic mass is 35.5. The molecule has 1 amide bonds. The molecule has 0 spiro atoms. The number of nitrogens with zero attached hydrogens (tertiary/aromatic N) is 4. The van der Waals surface area contributed by atoms with E-state index in [0.29, 0.717) is 16.4 Å². The van der Waals surface area contributed by atoms with Crippen molar-refractivity contribution in [3.8, 4) is 11.4 Å². The van der Waals surface area contributed by atoms with Crippen molar-refractivity contribution in [1.29, 1.82) is 0 Å². The van der Waals surface area contributed by atoms with Gasteiger partial charge in [0.25, 0.3) is 0 Å². The molecule has 0 aliphatic rings. The van der Waals surface area contributed by atoms with Crippen LogP contribution in [0.15, 0.2) is 39.6 Å². The molecule has 124 valence electrons. The van der Waals surface area contributed by atoms with Gasteiger partial charge in [0.1, 0.15) is 12.4 Å². The van der Waals surface area contributed by atoms with Crippen molar-refractivity contribution in [3.63, 3.8) is 0 Å². The Balaban J connectivity index is 1.87. The number of hydrogen-bond acceptors (Lipinski definition) is 5. The summed E-state index contributed by atoms with van der Waals surface area (Å²) >= 11 is 6.12. The van der Waals surface area contributed by atoms with E-state index in [1.165, 1.54) is 0 Å². The van der Waals surface area contributed by atoms with Gasteiger partial charge in [-0.2, -0.15) is 5.10 Å². The van der Waals surface area contributed by atoms with Crippen molar-refractivity contribution in [1.82, 2.24) is 19.5 Å². The van der Waals surface area contributed by atoms with E-state index in [0.717, 1.165) is 10.3 Å². The normalized spacial score (nSPS) is 10.8. The van der Waals surface area contributed by atoms with Crippen LogP contribution in [0.25, 0.3) is 11.4 Å². The number of anilines is 1. The SMILES string of the molecule is Cc1cc(NC(=O)Cn2c(-c3ccccc3Cl)noc2=O)n(C)n1. The zero-order valence-electron chi connectivity index (χ0n) is 13.0. The van der Waals surface area contributed by atoms with Gasteiger partial charge in [0.15, 0.2) is 5.82 Å². The summed E-state index contributed by atoms with van der Waals surface area (Å²) in [6, 6.07) is 8.59. The smallest absolute Gasteiger partial charge is 0.309 e. The molecule has 1 aromatic carbocycles. The summed E-state index contributed by atoms with van der Waals surface area (Å²) in [5.41, 5.74) is 1.28. The van der Waals surface area contributed by atoms with Gasteiger partial charge < -0.3 is 5.32 Å². The van der Waals surface area contributed by atoms with Crippen LogP contribution in [0, 0.1) is 6.92 Å². The van der Waals surface area contributed by atoms with E-state index >= 15 is 0 Å². The Morgan fingerprint density at radius 2 is 2.12 bits per heavy atom. The Morgan fingerprint density at radius 3 is 2.79 bits per heavy atom. The Bertz CT molecular complexity index is 956. The van der Waals surface area contributed by atoms with E-state index in [1.54, 1.807) is 42.1 Å². The standard InChI is InChI=1S/C15H14ClN5O3/c1-9-7-12(20(2)18-9)17-13(22)8-21-14(19-24-15(21)23)10-5-3-4-6-11(10)16/h3-7H,8H2,1-2H3,(H,17,22). The summed E-state index contributed by atoms with van der Waals surface area (Å²) < 4.78 is 7.35. The first kappa shape index (κ1) is 16.0. The molecule has 3 rings (SSSR count). The van der Waals surface area contributed by atoms with Crippen molar-refractivity contribution in [2.24, 2.45) is 7.05 Å². The lowest BCUT2D eigenvalue weighted by Crippen LogP contribution is -2.26. The maximum absolute atomic E-state index is 12.2. The van der Waals surface area contributed by atoms with Crippen LogP contribution in [0.4, 0.5) is 5.82 Å². The third-order valence-corrected chi connectivity index (χ3v) is 3.70. The second kappa shape index (κ2) is 6.32. The zero-order valence-corrected chi connectivity index (χ0v) is 13.7. The zero-order chi connectivity index (χ0) is 17.3. The van der Waals surface area contributed by atoms with Gasteiger partial charge >= 0.3 is 5.76 Å². The molecule has 0 bridgehead atoms. The first-order chi connectivity index (χ1) is 11.5. The molecule has 9 heteroatoms. The Kier molecular flexibility index (Phi) is 4.22. The highest BCUT2D eigenvalue weighted by Crippen LogP contribution is 2.25. The number of halogens is 1. The summed E-state index contributed by atoms with van der Waals surface area (Å²) in [5, 5.41) is 11.0. The van der Waals surface area contributed by atoms with Crippen LogP contribution in [-0.4, -0.2) is 25.4 Å². The highest BCUT2D eigenvalue weighted by molar-refractivity contribution is 6.33. The maximum Gasteiger partial charge on any atom is 0.442 e. The number of carbonyl (C=O) groups is 1. The topological polar surface area (TPSA) is 95.0 Å². The predicted molar refractivity (Wildman–Crippen MR) is 87.8 cm³/mol. The number of amides is 1. The van der Waals surface area contributed by atoms with E-state index in [9.17, 15) is 9.59 Å². The fourth-order valence-electron chi connectivity index (χ4n) is 2.30. The largest absolute Gasteiger partial charge is 0.442 e. The van der Waals surface area contributed by atoms with Crippen molar-refractivity contribution < 1.29 is 9.32 Å². The second-order valence-electron chi connectivity index (χ2n) is 5.18. The average molecular weight is 348 g/mol. The quantitative estimate of drug-likeness (QED) is 0.777. The van der Waals surface area contributed by atoms with Crippen LogP contribution in [0.2, 0.25) is 5.02 Å². The minimum Gasteiger partial charge on any atom is -0.309 e. The third-order valence-electron chi connectivity index (χ3n) is 3.37. The van der Waals surface area contributed by atoms with Gasteiger partial charge in [0.05, 0.1) is 10.7 Å². The van der Waals surface area contributed by atoms with Crippen molar-refractivity contribution >= 4 is 23.3 Å². The van der Waals surface area contributed by atoms with Crippen LogP contribution in [-0.2, 0) is 18.4 Å². The van der Waals surface area contributed by atoms with Crippen molar-refractivity contribution in [3.05, 3.63) is 51.6 Å². The molecule has 8 nitrogen and oxygen atoms in total. The molecule has 3 aromatic rings. The van der Waals surface area contributed by atoms with E-state index in [4.69, 9.17) is 11.6 Å². The van der Waals surface area contributed by atoms with E-state index in [-0.39, 0.29) is 12.4 Å². The van der Waals surface area contributed by atoms with Gasteiger partial charge in [-0.3, -0.25) is 14.0 Å². The van der Waals surface area contributed by atoms with Gasteiger partial charge in [0, 0.05) is 18.7 Å². The number of aryl methyl sites for hydroxylation is 2. The van der Waals surface area contributed by atoms with Gasteiger partial charge in [-0.25, -0.2) is 9.36 Å².